The molecule has 0 N–H and O–H groups in total. The van der Waals surface area contributed by atoms with Crippen molar-refractivity contribution < 1.29 is 36.6 Å². The van der Waals surface area contributed by atoms with Crippen LogP contribution in [0.5, 0.6) is 0 Å². The summed E-state index contributed by atoms with van der Waals surface area (Å²) in [5.74, 6) is 0. The van der Waals surface area contributed by atoms with Crippen LogP contribution in [0.4, 0.5) is 0 Å². The van der Waals surface area contributed by atoms with Crippen LogP contribution in [0.1, 0.15) is 0 Å². The number of hydrogen-bond acceptors (Lipinski definition) is 1. The fraction of sp³-hybridized carbons (Fsp3) is 0. The van der Waals surface area contributed by atoms with Crippen molar-refractivity contribution in [1.82, 2.24) is 0 Å². The molecule has 5 heavy (non-hydrogen) atoms. The number of rotatable bonds is 0. The van der Waals surface area contributed by atoms with Crippen LogP contribution < -0.4 is 0 Å². The molecule has 0 aromatic carbocycles. The molecular weight excluding hydrogens is 144 g/mol. The predicted molar refractivity (Wildman–Crippen MR) is 12.2 cm³/mol. The summed E-state index contributed by atoms with van der Waals surface area (Å²) in [6.45, 7) is 0. The Kier molecular flexibility index (Phi) is 207. The van der Waals surface area contributed by atoms with E-state index in [2.05, 4.69) is 15.7 Å². The second-order valence-electron chi connectivity index (χ2n) is 0. The van der Waals surface area contributed by atoms with Crippen LogP contribution in [0.25, 0.3) is 0 Å². The van der Waals surface area contributed by atoms with Gasteiger partial charge in [0, 0.05) is 54.8 Å². The SMILES string of the molecule is [Li].[Li].[Mn].[O]=[Co]. The molecule has 0 fully saturated rings. The van der Waals surface area contributed by atoms with E-state index in [1.807, 2.05) is 0 Å². The molecule has 0 amide bonds. The van der Waals surface area contributed by atoms with Crippen molar-refractivity contribution in [3.63, 3.8) is 0 Å². The van der Waals surface area contributed by atoms with E-state index in [9.17, 15) is 0 Å². The van der Waals surface area contributed by atoms with Gasteiger partial charge in [-0.15, -0.1) is 0 Å². The monoisotopic (exact) mass is 144 g/mol. The second-order valence-corrected chi connectivity index (χ2v) is 0. The normalized spacial score (nSPS) is 1.00. The molecule has 0 unspecified atom stereocenters. The van der Waals surface area contributed by atoms with Gasteiger partial charge in [0.15, 0.2) is 0 Å². The Morgan fingerprint density at radius 2 is 1.00 bits per heavy atom. The summed E-state index contributed by atoms with van der Waals surface area (Å²) in [6.07, 6.45) is 0. The quantitative estimate of drug-likeness (QED) is 0.403. The standard InChI is InChI=1S/Co.2Li.Mn.O. The fourth-order valence-electron chi connectivity index (χ4n) is 0. The van der Waals surface area contributed by atoms with Crippen LogP contribution in [0.2, 0.25) is 0 Å². The van der Waals surface area contributed by atoms with Crippen LogP contribution in [0.15, 0.2) is 0 Å². The van der Waals surface area contributed by atoms with Crippen molar-refractivity contribution in [3.8, 4) is 0 Å². The third-order valence-electron chi connectivity index (χ3n) is 0. The van der Waals surface area contributed by atoms with E-state index in [-0.39, 0.29) is 54.8 Å². The van der Waals surface area contributed by atoms with Gasteiger partial charge < -0.3 is 0 Å². The van der Waals surface area contributed by atoms with Crippen molar-refractivity contribution in [2.24, 2.45) is 0 Å². The van der Waals surface area contributed by atoms with Gasteiger partial charge in [0.05, 0.1) is 0 Å². The van der Waals surface area contributed by atoms with Crippen LogP contribution in [0.3, 0.4) is 0 Å². The van der Waals surface area contributed by atoms with Crippen molar-refractivity contribution in [2.45, 2.75) is 0 Å². The van der Waals surface area contributed by atoms with Gasteiger partial charge in [0.25, 0.3) is 0 Å². The predicted octanol–water partition coefficient (Wildman–Crippen LogP) is -0.885. The molecule has 0 spiro atoms. The number of hydrogen-bond donors (Lipinski definition) is 0. The molecule has 0 bridgehead atoms. The molecular formula is CoLi2MnO. The molecule has 0 saturated carbocycles. The molecule has 1 nitrogen and oxygen atoms in total. The Morgan fingerprint density at radius 1 is 1.00 bits per heavy atom. The van der Waals surface area contributed by atoms with E-state index < -0.39 is 0 Å². The molecule has 0 aromatic heterocycles. The molecule has 0 saturated heterocycles. The first-order valence-corrected chi connectivity index (χ1v) is 0.561. The van der Waals surface area contributed by atoms with Crippen molar-refractivity contribution in [1.29, 1.82) is 0 Å². The first-order valence-electron chi connectivity index (χ1n) is 0.136. The molecule has 0 aliphatic carbocycles. The topological polar surface area (TPSA) is 17.1 Å². The first kappa shape index (κ1) is 27.9. The molecule has 3 radical (unpaired) electrons. The van der Waals surface area contributed by atoms with Crippen LogP contribution >= 0.6 is 0 Å². The fourth-order valence-corrected chi connectivity index (χ4v) is 0. The molecule has 0 atom stereocenters. The summed E-state index contributed by atoms with van der Waals surface area (Å²) in [5.41, 5.74) is 0. The van der Waals surface area contributed by atoms with Gasteiger partial charge in [-0.25, -0.2) is 0 Å². The summed E-state index contributed by atoms with van der Waals surface area (Å²) in [4.78, 5) is 0. The molecule has 0 aromatic rings. The third kappa shape index (κ3) is 23.8. The van der Waals surface area contributed by atoms with Crippen molar-refractivity contribution >= 4 is 37.7 Å². The summed E-state index contributed by atoms with van der Waals surface area (Å²) < 4.78 is 7.94. The van der Waals surface area contributed by atoms with Crippen molar-refractivity contribution in [2.75, 3.05) is 0 Å². The molecule has 0 aliphatic rings. The summed E-state index contributed by atoms with van der Waals surface area (Å²) in [7, 11) is 0. The Balaban J connectivity index is -0.00000000167. The van der Waals surface area contributed by atoms with E-state index in [0.717, 1.165) is 0 Å². The van der Waals surface area contributed by atoms with Crippen molar-refractivity contribution in [3.05, 3.63) is 0 Å². The van der Waals surface area contributed by atoms with E-state index in [1.165, 1.54) is 0 Å². The van der Waals surface area contributed by atoms with Gasteiger partial charge in [0.1, 0.15) is 0 Å². The first-order chi connectivity index (χ1) is 1.00. The summed E-state index contributed by atoms with van der Waals surface area (Å²) in [6, 6.07) is 0. The van der Waals surface area contributed by atoms with Gasteiger partial charge in [-0.1, -0.05) is 0 Å². The zero-order valence-electron chi connectivity index (χ0n) is 3.12. The van der Waals surface area contributed by atoms with E-state index >= 15 is 0 Å². The van der Waals surface area contributed by atoms with Gasteiger partial charge in [-0.2, -0.15) is 0 Å². The maximum absolute atomic E-state index is 7.94. The summed E-state index contributed by atoms with van der Waals surface area (Å²) >= 11 is 2.31. The van der Waals surface area contributed by atoms with Crippen LogP contribution in [-0.4, -0.2) is 37.7 Å². The van der Waals surface area contributed by atoms with Crippen LogP contribution in [0, 0.1) is 0 Å². The van der Waals surface area contributed by atoms with E-state index in [4.69, 9.17) is 3.87 Å². The zero-order valence-corrected chi connectivity index (χ0v) is 5.34. The average molecular weight is 144 g/mol. The van der Waals surface area contributed by atoms with Gasteiger partial charge in [0.2, 0.25) is 0 Å². The second kappa shape index (κ2) is 37.2. The third-order valence-corrected chi connectivity index (χ3v) is 0. The minimum atomic E-state index is 0. The molecule has 0 heterocycles. The molecule has 5 heteroatoms. The van der Waals surface area contributed by atoms with E-state index in [0.29, 0.717) is 0 Å². The zero-order chi connectivity index (χ0) is 2.00. The maximum atomic E-state index is 7.94. The van der Waals surface area contributed by atoms with Gasteiger partial charge in [-0.3, -0.25) is 0 Å². The Labute approximate surface area is 73.6 Å². The van der Waals surface area contributed by atoms with Crippen LogP contribution in [-0.2, 0) is 36.6 Å². The Hall–Kier alpha value is 2.02. The summed E-state index contributed by atoms with van der Waals surface area (Å²) in [5, 5.41) is 0. The Morgan fingerprint density at radius 3 is 1.00 bits per heavy atom. The Bertz CT molecular complexity index is 9.61. The molecule has 24 valence electrons. The van der Waals surface area contributed by atoms with Gasteiger partial charge in [-0.05, 0) is 0 Å². The van der Waals surface area contributed by atoms with E-state index in [1.54, 1.807) is 0 Å². The average Bonchev–Trinajstić information content (AvgIpc) is 1.00. The molecule has 0 aliphatic heterocycles. The van der Waals surface area contributed by atoms with Gasteiger partial charge >= 0.3 is 19.5 Å². The minimum absolute atomic E-state index is 0. The molecule has 0 rings (SSSR count).